The number of carboxylic acid groups (broad SMARTS) is 1. The first kappa shape index (κ1) is 13.4. The van der Waals surface area contributed by atoms with Crippen LogP contribution in [0.4, 0.5) is 0 Å². The fourth-order valence-electron chi connectivity index (χ4n) is 2.25. The minimum absolute atomic E-state index is 0.105. The summed E-state index contributed by atoms with van der Waals surface area (Å²) in [6.07, 6.45) is 1.67. The molecule has 0 radical (unpaired) electrons. The van der Waals surface area contributed by atoms with Gasteiger partial charge in [0.2, 0.25) is 5.78 Å². The Labute approximate surface area is 125 Å². The molecule has 0 spiro atoms. The normalized spacial score (nSPS) is 10.7. The molecule has 0 bridgehead atoms. The minimum atomic E-state index is -1.06. The highest BCUT2D eigenvalue weighted by atomic mass is 35.5. The van der Waals surface area contributed by atoms with Crippen LogP contribution in [0.3, 0.4) is 0 Å². The second-order valence-corrected chi connectivity index (χ2v) is 4.98. The molecule has 3 rings (SSSR count). The van der Waals surface area contributed by atoms with E-state index < -0.39 is 5.97 Å². The molecule has 21 heavy (non-hydrogen) atoms. The van der Waals surface area contributed by atoms with Gasteiger partial charge in [-0.1, -0.05) is 17.7 Å². The molecule has 0 fully saturated rings. The highest BCUT2D eigenvalue weighted by molar-refractivity contribution is 6.30. The van der Waals surface area contributed by atoms with Crippen LogP contribution in [0.2, 0.25) is 5.02 Å². The molecular weight excluding hydrogens is 290 g/mol. The lowest BCUT2D eigenvalue weighted by atomic mass is 10.1. The van der Waals surface area contributed by atoms with Gasteiger partial charge in [-0.3, -0.25) is 4.79 Å². The summed E-state index contributed by atoms with van der Waals surface area (Å²) in [5, 5.41) is 9.78. The van der Waals surface area contributed by atoms with E-state index in [1.54, 1.807) is 53.1 Å². The van der Waals surface area contributed by atoms with Gasteiger partial charge >= 0.3 is 5.97 Å². The molecule has 2 heterocycles. The Morgan fingerprint density at radius 1 is 1.05 bits per heavy atom. The first-order valence-corrected chi connectivity index (χ1v) is 6.59. The van der Waals surface area contributed by atoms with Gasteiger partial charge in [-0.15, -0.1) is 0 Å². The van der Waals surface area contributed by atoms with Crippen molar-refractivity contribution in [2.24, 2.45) is 0 Å². The molecular formula is C16H10ClNO3. The van der Waals surface area contributed by atoms with E-state index in [-0.39, 0.29) is 11.3 Å². The number of pyridine rings is 1. The molecule has 104 valence electrons. The van der Waals surface area contributed by atoms with Crippen molar-refractivity contribution in [3.05, 3.63) is 76.6 Å². The second kappa shape index (κ2) is 5.07. The molecule has 0 saturated carbocycles. The van der Waals surface area contributed by atoms with Crippen LogP contribution in [0.25, 0.3) is 5.52 Å². The molecule has 0 unspecified atom stereocenters. The molecule has 5 heteroatoms. The highest BCUT2D eigenvalue weighted by Gasteiger charge is 2.19. The summed E-state index contributed by atoms with van der Waals surface area (Å²) in [6, 6.07) is 13.0. The quantitative estimate of drug-likeness (QED) is 0.753. The van der Waals surface area contributed by atoms with Crippen molar-refractivity contribution in [1.82, 2.24) is 4.40 Å². The average molecular weight is 300 g/mol. The van der Waals surface area contributed by atoms with Crippen LogP contribution in [0.15, 0.2) is 54.7 Å². The summed E-state index contributed by atoms with van der Waals surface area (Å²) in [4.78, 5) is 23.8. The summed E-state index contributed by atoms with van der Waals surface area (Å²) < 4.78 is 1.58. The van der Waals surface area contributed by atoms with Gasteiger partial charge in [0, 0.05) is 16.8 Å². The first-order valence-electron chi connectivity index (χ1n) is 6.21. The Kier molecular flexibility index (Phi) is 3.23. The maximum Gasteiger partial charge on any atom is 0.337 e. The van der Waals surface area contributed by atoms with Crippen LogP contribution in [0.5, 0.6) is 0 Å². The van der Waals surface area contributed by atoms with Gasteiger partial charge < -0.3 is 9.51 Å². The lowest BCUT2D eigenvalue weighted by molar-refractivity contribution is 0.0699. The van der Waals surface area contributed by atoms with Crippen LogP contribution in [-0.4, -0.2) is 21.3 Å². The predicted molar refractivity (Wildman–Crippen MR) is 79.2 cm³/mol. The van der Waals surface area contributed by atoms with Gasteiger partial charge in [0.05, 0.1) is 16.8 Å². The van der Waals surface area contributed by atoms with Gasteiger partial charge in [-0.05, 0) is 42.5 Å². The van der Waals surface area contributed by atoms with Gasteiger partial charge in [-0.2, -0.15) is 0 Å². The van der Waals surface area contributed by atoms with Crippen molar-refractivity contribution < 1.29 is 14.7 Å². The molecule has 0 aliphatic carbocycles. The number of carbonyl (C=O) groups is 2. The maximum absolute atomic E-state index is 12.6. The van der Waals surface area contributed by atoms with E-state index in [1.807, 2.05) is 0 Å². The average Bonchev–Trinajstić information content (AvgIpc) is 2.87. The minimum Gasteiger partial charge on any atom is -0.478 e. The van der Waals surface area contributed by atoms with Crippen LogP contribution < -0.4 is 0 Å². The van der Waals surface area contributed by atoms with Gasteiger partial charge in [-0.25, -0.2) is 4.79 Å². The number of carbonyl (C=O) groups excluding carboxylic acids is 1. The molecule has 4 nitrogen and oxygen atoms in total. The largest absolute Gasteiger partial charge is 0.478 e. The number of hydrogen-bond acceptors (Lipinski definition) is 2. The van der Waals surface area contributed by atoms with Crippen LogP contribution >= 0.6 is 11.6 Å². The number of nitrogens with zero attached hydrogens (tertiary/aromatic N) is 1. The van der Waals surface area contributed by atoms with Crippen LogP contribution in [0, 0.1) is 0 Å². The molecule has 0 aliphatic heterocycles. The van der Waals surface area contributed by atoms with E-state index in [2.05, 4.69) is 0 Å². The summed E-state index contributed by atoms with van der Waals surface area (Å²) in [5.41, 5.74) is 1.36. The predicted octanol–water partition coefficient (Wildman–Crippen LogP) is 3.52. The van der Waals surface area contributed by atoms with E-state index >= 15 is 0 Å². The fraction of sp³-hybridized carbons (Fsp3) is 0. The third kappa shape index (κ3) is 2.30. The number of aromatic carboxylic acids is 1. The number of halogens is 1. The molecule has 0 saturated heterocycles. The topological polar surface area (TPSA) is 58.8 Å². The van der Waals surface area contributed by atoms with Crippen molar-refractivity contribution in [2.75, 3.05) is 0 Å². The van der Waals surface area contributed by atoms with Crippen LogP contribution in [0.1, 0.15) is 26.4 Å². The van der Waals surface area contributed by atoms with E-state index in [9.17, 15) is 14.7 Å². The van der Waals surface area contributed by atoms with Gasteiger partial charge in [0.25, 0.3) is 0 Å². The Bertz CT molecular complexity index is 850. The number of aromatic nitrogens is 1. The standard InChI is InChI=1S/C16H10ClNO3/c17-11-6-4-10(5-7-11)15(19)14-9-12(16(20)21)13-3-1-2-8-18(13)14/h1-9H,(H,20,21). The van der Waals surface area contributed by atoms with Gasteiger partial charge in [0.1, 0.15) is 0 Å². The van der Waals surface area contributed by atoms with Crippen molar-refractivity contribution in [3.8, 4) is 0 Å². The van der Waals surface area contributed by atoms with Crippen molar-refractivity contribution in [2.45, 2.75) is 0 Å². The Hall–Kier alpha value is -2.59. The molecule has 0 atom stereocenters. The molecule has 0 amide bonds. The second-order valence-electron chi connectivity index (χ2n) is 4.54. The lowest BCUT2D eigenvalue weighted by Gasteiger charge is -2.02. The number of carboxylic acids is 1. The third-order valence-corrected chi connectivity index (χ3v) is 3.50. The van der Waals surface area contributed by atoms with E-state index in [0.29, 0.717) is 21.8 Å². The van der Waals surface area contributed by atoms with E-state index in [1.165, 1.54) is 6.07 Å². The highest BCUT2D eigenvalue weighted by Crippen LogP contribution is 2.20. The van der Waals surface area contributed by atoms with Gasteiger partial charge in [0.15, 0.2) is 0 Å². The summed E-state index contributed by atoms with van der Waals surface area (Å²) in [5.74, 6) is -1.31. The zero-order valence-corrected chi connectivity index (χ0v) is 11.5. The number of hydrogen-bond donors (Lipinski definition) is 1. The molecule has 1 N–H and O–H groups in total. The van der Waals surface area contributed by atoms with Crippen molar-refractivity contribution in [3.63, 3.8) is 0 Å². The van der Waals surface area contributed by atoms with E-state index in [4.69, 9.17) is 11.6 Å². The smallest absolute Gasteiger partial charge is 0.337 e. The van der Waals surface area contributed by atoms with E-state index in [0.717, 1.165) is 0 Å². The number of ketones is 1. The Morgan fingerprint density at radius 2 is 1.76 bits per heavy atom. The van der Waals surface area contributed by atoms with Crippen molar-refractivity contribution >= 4 is 28.9 Å². The number of fused-ring (bicyclic) bond motifs is 1. The molecule has 0 aliphatic rings. The Balaban J connectivity index is 2.18. The zero-order chi connectivity index (χ0) is 15.0. The summed E-state index contributed by atoms with van der Waals surface area (Å²) in [6.45, 7) is 0. The number of benzene rings is 1. The molecule has 2 aromatic heterocycles. The molecule has 1 aromatic carbocycles. The summed E-state index contributed by atoms with van der Waals surface area (Å²) in [7, 11) is 0. The maximum atomic E-state index is 12.6. The molecule has 3 aromatic rings. The first-order chi connectivity index (χ1) is 10.1. The fourth-order valence-corrected chi connectivity index (χ4v) is 2.37. The zero-order valence-electron chi connectivity index (χ0n) is 10.8. The Morgan fingerprint density at radius 3 is 2.43 bits per heavy atom. The monoisotopic (exact) mass is 299 g/mol. The number of rotatable bonds is 3. The third-order valence-electron chi connectivity index (χ3n) is 3.25. The van der Waals surface area contributed by atoms with Crippen molar-refractivity contribution in [1.29, 1.82) is 0 Å². The lowest BCUT2D eigenvalue weighted by Crippen LogP contribution is -2.04. The van der Waals surface area contributed by atoms with Crippen LogP contribution in [-0.2, 0) is 0 Å². The summed E-state index contributed by atoms with van der Waals surface area (Å²) >= 11 is 5.81. The SMILES string of the molecule is O=C(O)c1cc(C(=O)c2ccc(Cl)cc2)n2ccccc12.